The fourth-order valence-corrected chi connectivity index (χ4v) is 1.63. The Bertz CT molecular complexity index is 636. The lowest BCUT2D eigenvalue weighted by molar-refractivity contribution is -0.116. The first-order valence-electron chi connectivity index (χ1n) is 6.04. The molecule has 0 aliphatic rings. The molecule has 0 aliphatic carbocycles. The number of carboxylic acids is 1. The number of amides is 1. The highest BCUT2D eigenvalue weighted by Gasteiger charge is 2.08. The van der Waals surface area contributed by atoms with Crippen LogP contribution in [0.25, 0.3) is 0 Å². The number of hydrogen-bond acceptors (Lipinski definition) is 4. The van der Waals surface area contributed by atoms with Crippen LogP contribution in [0.3, 0.4) is 0 Å². The Hall–Kier alpha value is -2.70. The molecule has 0 aromatic carbocycles. The third kappa shape index (κ3) is 3.64. The summed E-state index contributed by atoms with van der Waals surface area (Å²) in [6, 6.07) is 5.00. The summed E-state index contributed by atoms with van der Waals surface area (Å²) in [5, 5.41) is 15.2. The van der Waals surface area contributed by atoms with Crippen LogP contribution in [0.1, 0.15) is 22.5 Å². The van der Waals surface area contributed by atoms with Crippen LogP contribution in [0.2, 0.25) is 0 Å². The largest absolute Gasteiger partial charge is 0.476 e. The first-order valence-corrected chi connectivity index (χ1v) is 6.04. The van der Waals surface area contributed by atoms with E-state index in [1.165, 1.54) is 16.9 Å². The number of carbonyl (C=O) groups is 2. The summed E-state index contributed by atoms with van der Waals surface area (Å²) >= 11 is 0. The van der Waals surface area contributed by atoms with Gasteiger partial charge in [0.2, 0.25) is 5.91 Å². The Balaban J connectivity index is 1.87. The van der Waals surface area contributed by atoms with Crippen LogP contribution in [0.4, 0.5) is 5.82 Å². The molecule has 2 rings (SSSR count). The maximum absolute atomic E-state index is 11.7. The number of carbonyl (C=O) groups excluding carboxylic acids is 1. The minimum Gasteiger partial charge on any atom is -0.476 e. The van der Waals surface area contributed by atoms with Crippen molar-refractivity contribution >= 4 is 17.7 Å². The molecule has 0 bridgehead atoms. The van der Waals surface area contributed by atoms with Gasteiger partial charge in [-0.3, -0.25) is 9.48 Å². The van der Waals surface area contributed by atoms with Gasteiger partial charge in [-0.25, -0.2) is 9.78 Å². The van der Waals surface area contributed by atoms with Crippen LogP contribution in [-0.4, -0.2) is 31.7 Å². The molecule has 0 radical (unpaired) electrons. The van der Waals surface area contributed by atoms with Gasteiger partial charge in [0.05, 0.1) is 0 Å². The van der Waals surface area contributed by atoms with E-state index in [0.29, 0.717) is 12.4 Å². The Morgan fingerprint density at radius 2 is 2.20 bits per heavy atom. The molecule has 2 heterocycles. The van der Waals surface area contributed by atoms with Gasteiger partial charge in [-0.2, -0.15) is 5.10 Å². The van der Waals surface area contributed by atoms with Gasteiger partial charge in [-0.05, 0) is 30.7 Å². The van der Waals surface area contributed by atoms with E-state index in [1.807, 2.05) is 13.0 Å². The zero-order chi connectivity index (χ0) is 14.5. The normalized spacial score (nSPS) is 10.2. The van der Waals surface area contributed by atoms with Crippen molar-refractivity contribution in [2.75, 3.05) is 5.32 Å². The number of hydrogen-bond donors (Lipinski definition) is 2. The number of carboxylic acid groups (broad SMARTS) is 1. The summed E-state index contributed by atoms with van der Waals surface area (Å²) in [5.74, 6) is -0.783. The number of rotatable bonds is 5. The van der Waals surface area contributed by atoms with Gasteiger partial charge >= 0.3 is 5.97 Å². The number of anilines is 1. The fourth-order valence-electron chi connectivity index (χ4n) is 1.63. The van der Waals surface area contributed by atoms with Gasteiger partial charge in [-0.15, -0.1) is 0 Å². The maximum Gasteiger partial charge on any atom is 0.356 e. The minimum atomic E-state index is -1.09. The Morgan fingerprint density at radius 3 is 2.85 bits per heavy atom. The number of aromatic carboxylic acids is 1. The molecule has 2 aromatic rings. The van der Waals surface area contributed by atoms with Crippen LogP contribution in [0.5, 0.6) is 0 Å². The van der Waals surface area contributed by atoms with E-state index in [2.05, 4.69) is 15.4 Å². The van der Waals surface area contributed by atoms with Gasteiger partial charge in [0, 0.05) is 25.4 Å². The number of aryl methyl sites for hydroxylation is 2. The highest BCUT2D eigenvalue weighted by atomic mass is 16.4. The second-order valence-electron chi connectivity index (χ2n) is 4.29. The quantitative estimate of drug-likeness (QED) is 0.856. The fraction of sp³-hybridized carbons (Fsp3) is 0.231. The first kappa shape index (κ1) is 13.7. The molecule has 20 heavy (non-hydrogen) atoms. The Morgan fingerprint density at radius 1 is 1.40 bits per heavy atom. The van der Waals surface area contributed by atoms with Gasteiger partial charge in [0.25, 0.3) is 0 Å². The maximum atomic E-state index is 11.7. The zero-order valence-electron chi connectivity index (χ0n) is 10.9. The average Bonchev–Trinajstić information content (AvgIpc) is 2.85. The van der Waals surface area contributed by atoms with Crippen LogP contribution in [0.15, 0.2) is 30.6 Å². The van der Waals surface area contributed by atoms with Crippen molar-refractivity contribution < 1.29 is 14.7 Å². The summed E-state index contributed by atoms with van der Waals surface area (Å²) in [4.78, 5) is 26.4. The number of nitrogens with zero attached hydrogens (tertiary/aromatic N) is 3. The summed E-state index contributed by atoms with van der Waals surface area (Å²) in [6.07, 6.45) is 3.34. The standard InChI is InChI=1S/C13H14N4O3/c1-9-2-5-14-11(8-9)15-12(18)4-7-17-6-3-10(16-17)13(19)20/h2-3,5-6,8H,4,7H2,1H3,(H,19,20)(H,14,15,18). The van der Waals surface area contributed by atoms with Crippen molar-refractivity contribution in [2.24, 2.45) is 0 Å². The molecule has 0 atom stereocenters. The van der Waals surface area contributed by atoms with Crippen molar-refractivity contribution in [3.8, 4) is 0 Å². The van der Waals surface area contributed by atoms with Crippen LogP contribution < -0.4 is 5.32 Å². The predicted octanol–water partition coefficient (Wildman–Crippen LogP) is 1.31. The second-order valence-corrected chi connectivity index (χ2v) is 4.29. The summed E-state index contributed by atoms with van der Waals surface area (Å²) in [6.45, 7) is 2.22. The molecule has 0 spiro atoms. The third-order valence-corrected chi connectivity index (χ3v) is 2.61. The van der Waals surface area contributed by atoms with Crippen LogP contribution in [-0.2, 0) is 11.3 Å². The van der Waals surface area contributed by atoms with Crippen LogP contribution >= 0.6 is 0 Å². The molecule has 2 N–H and O–H groups in total. The van der Waals surface area contributed by atoms with Crippen molar-refractivity contribution in [1.29, 1.82) is 0 Å². The lowest BCUT2D eigenvalue weighted by Gasteiger charge is -2.05. The predicted molar refractivity (Wildman–Crippen MR) is 71.4 cm³/mol. The Labute approximate surface area is 115 Å². The lowest BCUT2D eigenvalue weighted by atomic mass is 10.3. The topological polar surface area (TPSA) is 97.1 Å². The number of pyridine rings is 1. The Kier molecular flexibility index (Phi) is 4.09. The van der Waals surface area contributed by atoms with Gasteiger partial charge in [0.15, 0.2) is 5.69 Å². The third-order valence-electron chi connectivity index (χ3n) is 2.61. The molecule has 0 saturated carbocycles. The number of aromatic nitrogens is 3. The van der Waals surface area contributed by atoms with E-state index in [1.54, 1.807) is 12.3 Å². The lowest BCUT2D eigenvalue weighted by Crippen LogP contribution is -2.15. The van der Waals surface area contributed by atoms with Crippen molar-refractivity contribution in [3.63, 3.8) is 0 Å². The molecule has 0 saturated heterocycles. The molecule has 1 amide bonds. The zero-order valence-corrected chi connectivity index (χ0v) is 10.9. The molecule has 0 aliphatic heterocycles. The molecule has 7 heteroatoms. The molecule has 2 aromatic heterocycles. The van der Waals surface area contributed by atoms with E-state index < -0.39 is 5.97 Å². The molecule has 104 valence electrons. The molecule has 0 unspecified atom stereocenters. The van der Waals surface area contributed by atoms with Crippen molar-refractivity contribution in [1.82, 2.24) is 14.8 Å². The molecule has 0 fully saturated rings. The van der Waals surface area contributed by atoms with Gasteiger partial charge in [-0.1, -0.05) is 0 Å². The van der Waals surface area contributed by atoms with E-state index in [0.717, 1.165) is 5.56 Å². The van der Waals surface area contributed by atoms with Crippen molar-refractivity contribution in [3.05, 3.63) is 41.9 Å². The smallest absolute Gasteiger partial charge is 0.356 e. The van der Waals surface area contributed by atoms with E-state index in [4.69, 9.17) is 5.11 Å². The summed E-state index contributed by atoms with van der Waals surface area (Å²) < 4.78 is 1.42. The summed E-state index contributed by atoms with van der Waals surface area (Å²) in [5.41, 5.74) is 0.972. The van der Waals surface area contributed by atoms with E-state index in [9.17, 15) is 9.59 Å². The second kappa shape index (κ2) is 5.96. The van der Waals surface area contributed by atoms with E-state index in [-0.39, 0.29) is 18.0 Å². The van der Waals surface area contributed by atoms with E-state index >= 15 is 0 Å². The SMILES string of the molecule is Cc1ccnc(NC(=O)CCn2ccc(C(=O)O)n2)c1. The highest BCUT2D eigenvalue weighted by molar-refractivity contribution is 5.89. The van der Waals surface area contributed by atoms with Gasteiger partial charge in [0.1, 0.15) is 5.82 Å². The summed E-state index contributed by atoms with van der Waals surface area (Å²) in [7, 11) is 0. The van der Waals surface area contributed by atoms with Crippen LogP contribution in [0, 0.1) is 6.92 Å². The molecular weight excluding hydrogens is 260 g/mol. The highest BCUT2D eigenvalue weighted by Crippen LogP contribution is 2.06. The molecule has 7 nitrogen and oxygen atoms in total. The monoisotopic (exact) mass is 274 g/mol. The first-order chi connectivity index (χ1) is 9.54. The van der Waals surface area contributed by atoms with Crippen molar-refractivity contribution in [2.45, 2.75) is 19.9 Å². The minimum absolute atomic E-state index is 0.0363. The van der Waals surface area contributed by atoms with Gasteiger partial charge < -0.3 is 10.4 Å². The average molecular weight is 274 g/mol. The number of nitrogens with one attached hydrogen (secondary N) is 1. The molecular formula is C13H14N4O3.